The van der Waals surface area contributed by atoms with E-state index in [4.69, 9.17) is 14.6 Å². The van der Waals surface area contributed by atoms with Crippen LogP contribution >= 0.6 is 0 Å². The fraction of sp³-hybridized carbons (Fsp3) is 1.00. The van der Waals surface area contributed by atoms with Crippen LogP contribution in [-0.4, -0.2) is 62.7 Å². The zero-order valence-corrected chi connectivity index (χ0v) is 11.1. The van der Waals surface area contributed by atoms with Crippen molar-refractivity contribution < 1.29 is 14.6 Å². The molecule has 0 atom stereocenters. The highest BCUT2D eigenvalue weighted by Crippen LogP contribution is 2.15. The maximum absolute atomic E-state index is 8.51. The van der Waals surface area contributed by atoms with Crippen LogP contribution in [0.2, 0.25) is 0 Å². The molecule has 17 heavy (non-hydrogen) atoms. The lowest BCUT2D eigenvalue weighted by atomic mass is 9.99. The molecule has 0 aromatic heterocycles. The van der Waals surface area contributed by atoms with Crippen molar-refractivity contribution in [2.24, 2.45) is 5.92 Å². The SMILES string of the molecule is CC1CCN(CCOCCCOCCO)CC1. The molecule has 1 saturated heterocycles. The Labute approximate surface area is 105 Å². The van der Waals surface area contributed by atoms with E-state index in [1.165, 1.54) is 25.9 Å². The minimum Gasteiger partial charge on any atom is -0.394 e. The molecule has 0 saturated carbocycles. The summed E-state index contributed by atoms with van der Waals surface area (Å²) in [5.41, 5.74) is 0. The van der Waals surface area contributed by atoms with Crippen molar-refractivity contribution in [2.75, 3.05) is 52.7 Å². The molecular formula is C13H27NO3. The molecule has 0 aromatic rings. The Hall–Kier alpha value is -0.160. The van der Waals surface area contributed by atoms with Crippen LogP contribution in [0.5, 0.6) is 0 Å². The minimum atomic E-state index is 0.105. The third kappa shape index (κ3) is 7.71. The van der Waals surface area contributed by atoms with Crippen LogP contribution in [0.3, 0.4) is 0 Å². The lowest BCUT2D eigenvalue weighted by Gasteiger charge is -2.29. The van der Waals surface area contributed by atoms with Crippen molar-refractivity contribution in [3.63, 3.8) is 0 Å². The zero-order chi connectivity index (χ0) is 12.3. The Balaban J connectivity index is 1.81. The Bertz CT molecular complexity index is 170. The normalized spacial score (nSPS) is 18.7. The Morgan fingerprint density at radius 3 is 2.35 bits per heavy atom. The van der Waals surface area contributed by atoms with Gasteiger partial charge in [0, 0.05) is 19.8 Å². The quantitative estimate of drug-likeness (QED) is 0.618. The number of hydrogen-bond donors (Lipinski definition) is 1. The van der Waals surface area contributed by atoms with E-state index in [-0.39, 0.29) is 6.61 Å². The van der Waals surface area contributed by atoms with Gasteiger partial charge in [0.2, 0.25) is 0 Å². The third-order valence-electron chi connectivity index (χ3n) is 3.24. The molecule has 0 spiro atoms. The molecular weight excluding hydrogens is 218 g/mol. The van der Waals surface area contributed by atoms with Gasteiger partial charge in [-0.05, 0) is 38.3 Å². The molecule has 1 rings (SSSR count). The summed E-state index contributed by atoms with van der Waals surface area (Å²) in [5.74, 6) is 0.899. The minimum absolute atomic E-state index is 0.105. The number of ether oxygens (including phenoxy) is 2. The van der Waals surface area contributed by atoms with E-state index in [0.717, 1.165) is 32.1 Å². The average molecular weight is 245 g/mol. The highest BCUT2D eigenvalue weighted by atomic mass is 16.5. The average Bonchev–Trinajstić information content (AvgIpc) is 2.35. The predicted octanol–water partition coefficient (Wildman–Crippen LogP) is 1.13. The van der Waals surface area contributed by atoms with Gasteiger partial charge in [0.25, 0.3) is 0 Å². The van der Waals surface area contributed by atoms with Gasteiger partial charge in [-0.2, -0.15) is 0 Å². The van der Waals surface area contributed by atoms with Crippen molar-refractivity contribution >= 4 is 0 Å². The highest BCUT2D eigenvalue weighted by molar-refractivity contribution is 4.68. The molecule has 0 bridgehead atoms. The monoisotopic (exact) mass is 245 g/mol. The number of aliphatic hydroxyl groups is 1. The summed E-state index contributed by atoms with van der Waals surface area (Å²) in [6, 6.07) is 0. The van der Waals surface area contributed by atoms with Crippen LogP contribution in [-0.2, 0) is 9.47 Å². The van der Waals surface area contributed by atoms with Crippen molar-refractivity contribution in [1.29, 1.82) is 0 Å². The second kappa shape index (κ2) is 9.83. The molecule has 0 aliphatic carbocycles. The summed E-state index contributed by atoms with van der Waals surface area (Å²) in [5, 5.41) is 8.51. The number of nitrogens with zero attached hydrogens (tertiary/aromatic N) is 1. The van der Waals surface area contributed by atoms with Gasteiger partial charge >= 0.3 is 0 Å². The van der Waals surface area contributed by atoms with E-state index in [1.54, 1.807) is 0 Å². The fourth-order valence-corrected chi connectivity index (χ4v) is 2.01. The zero-order valence-electron chi connectivity index (χ0n) is 11.1. The van der Waals surface area contributed by atoms with Gasteiger partial charge in [0.1, 0.15) is 0 Å². The molecule has 0 unspecified atom stereocenters. The van der Waals surface area contributed by atoms with E-state index in [0.29, 0.717) is 13.2 Å². The smallest absolute Gasteiger partial charge is 0.0697 e. The highest BCUT2D eigenvalue weighted by Gasteiger charge is 2.14. The van der Waals surface area contributed by atoms with Gasteiger partial charge < -0.3 is 19.5 Å². The van der Waals surface area contributed by atoms with Gasteiger partial charge in [-0.15, -0.1) is 0 Å². The molecule has 1 N–H and O–H groups in total. The number of piperidine rings is 1. The number of rotatable bonds is 9. The second-order valence-corrected chi connectivity index (χ2v) is 4.83. The summed E-state index contributed by atoms with van der Waals surface area (Å²) in [6.07, 6.45) is 3.57. The Kier molecular flexibility index (Phi) is 8.61. The van der Waals surface area contributed by atoms with E-state index in [2.05, 4.69) is 11.8 Å². The lowest BCUT2D eigenvalue weighted by molar-refractivity contribution is 0.0536. The number of likely N-dealkylation sites (tertiary alicyclic amines) is 1. The van der Waals surface area contributed by atoms with Crippen molar-refractivity contribution in [3.05, 3.63) is 0 Å². The first-order valence-corrected chi connectivity index (χ1v) is 6.81. The Morgan fingerprint density at radius 1 is 1.06 bits per heavy atom. The van der Waals surface area contributed by atoms with Gasteiger partial charge in [-0.25, -0.2) is 0 Å². The molecule has 0 radical (unpaired) electrons. The maximum atomic E-state index is 8.51. The molecule has 0 aromatic carbocycles. The summed E-state index contributed by atoms with van der Waals surface area (Å²) >= 11 is 0. The van der Waals surface area contributed by atoms with Crippen LogP contribution < -0.4 is 0 Å². The number of aliphatic hydroxyl groups excluding tert-OH is 1. The molecule has 1 aliphatic heterocycles. The van der Waals surface area contributed by atoms with Gasteiger partial charge in [0.15, 0.2) is 0 Å². The molecule has 0 amide bonds. The largest absolute Gasteiger partial charge is 0.394 e. The lowest BCUT2D eigenvalue weighted by Crippen LogP contribution is -2.35. The third-order valence-corrected chi connectivity index (χ3v) is 3.24. The van der Waals surface area contributed by atoms with E-state index in [1.807, 2.05) is 0 Å². The summed E-state index contributed by atoms with van der Waals surface area (Å²) in [4.78, 5) is 2.49. The predicted molar refractivity (Wildman–Crippen MR) is 68.2 cm³/mol. The van der Waals surface area contributed by atoms with Crippen molar-refractivity contribution in [1.82, 2.24) is 4.90 Å². The first-order chi connectivity index (χ1) is 8.33. The first kappa shape index (κ1) is 14.9. The standard InChI is InChI=1S/C13H27NO3/c1-13-3-5-14(6-4-13)7-11-16-9-2-10-17-12-8-15/h13,15H,2-12H2,1H3. The maximum Gasteiger partial charge on any atom is 0.0697 e. The molecule has 1 heterocycles. The topological polar surface area (TPSA) is 41.9 Å². The van der Waals surface area contributed by atoms with Crippen molar-refractivity contribution in [3.8, 4) is 0 Å². The number of hydrogen-bond acceptors (Lipinski definition) is 4. The van der Waals surface area contributed by atoms with Gasteiger partial charge in [-0.3, -0.25) is 0 Å². The van der Waals surface area contributed by atoms with Crippen LogP contribution in [0.25, 0.3) is 0 Å². The molecule has 102 valence electrons. The second-order valence-electron chi connectivity index (χ2n) is 4.83. The van der Waals surface area contributed by atoms with E-state index in [9.17, 15) is 0 Å². The molecule has 4 heteroatoms. The van der Waals surface area contributed by atoms with Crippen LogP contribution in [0.15, 0.2) is 0 Å². The summed E-state index contributed by atoms with van der Waals surface area (Å²) < 4.78 is 10.7. The fourth-order valence-electron chi connectivity index (χ4n) is 2.01. The molecule has 1 fully saturated rings. The van der Waals surface area contributed by atoms with E-state index >= 15 is 0 Å². The van der Waals surface area contributed by atoms with Crippen molar-refractivity contribution in [2.45, 2.75) is 26.2 Å². The first-order valence-electron chi connectivity index (χ1n) is 6.81. The molecule has 4 nitrogen and oxygen atoms in total. The van der Waals surface area contributed by atoms with Crippen LogP contribution in [0.1, 0.15) is 26.2 Å². The van der Waals surface area contributed by atoms with Crippen LogP contribution in [0, 0.1) is 5.92 Å². The van der Waals surface area contributed by atoms with Gasteiger partial charge in [-0.1, -0.05) is 6.92 Å². The van der Waals surface area contributed by atoms with E-state index < -0.39 is 0 Å². The summed E-state index contributed by atoms with van der Waals surface area (Å²) in [7, 11) is 0. The summed E-state index contributed by atoms with van der Waals surface area (Å²) in [6.45, 7) is 8.66. The van der Waals surface area contributed by atoms with Gasteiger partial charge in [0.05, 0.1) is 19.8 Å². The van der Waals surface area contributed by atoms with Crippen LogP contribution in [0.4, 0.5) is 0 Å². The molecule has 1 aliphatic rings. The Morgan fingerprint density at radius 2 is 1.71 bits per heavy atom.